The van der Waals surface area contributed by atoms with E-state index in [1.54, 1.807) is 0 Å². The van der Waals surface area contributed by atoms with Crippen LogP contribution in [0.4, 0.5) is 13.2 Å². The number of rotatable bonds is 9. The number of Topliss-reactive ketones (excluding diaryl/α,β-unsaturated/α-hetero) is 1. The predicted octanol–water partition coefficient (Wildman–Crippen LogP) is 4.99. The highest BCUT2D eigenvalue weighted by Gasteiger charge is 2.52. The first kappa shape index (κ1) is 15.4. The van der Waals surface area contributed by atoms with Crippen molar-refractivity contribution in [2.45, 2.75) is 76.1 Å². The first-order chi connectivity index (χ1) is 21.9. The summed E-state index contributed by atoms with van der Waals surface area (Å²) < 4.78 is 146. The van der Waals surface area contributed by atoms with Crippen LogP contribution >= 0.6 is 0 Å². The Kier molecular flexibility index (Phi) is 3.65. The highest BCUT2D eigenvalue weighted by molar-refractivity contribution is 5.95. The Morgan fingerprint density at radius 3 is 2.65 bits per heavy atom. The van der Waals surface area contributed by atoms with Crippen molar-refractivity contribution in [3.8, 4) is 11.5 Å². The van der Waals surface area contributed by atoms with Gasteiger partial charge in [0.05, 0.1) is 41.1 Å². The van der Waals surface area contributed by atoms with Crippen molar-refractivity contribution < 1.29 is 52.7 Å². The molecule has 6 nitrogen and oxygen atoms in total. The zero-order valence-electron chi connectivity index (χ0n) is 30.8. The van der Waals surface area contributed by atoms with Crippen LogP contribution in [0.2, 0.25) is 0 Å². The number of alkyl halides is 2. The average Bonchev–Trinajstić information content (AvgIpc) is 3.63. The van der Waals surface area contributed by atoms with E-state index in [1.807, 2.05) is 0 Å². The van der Waals surface area contributed by atoms with E-state index in [0.717, 1.165) is 0 Å². The van der Waals surface area contributed by atoms with Gasteiger partial charge < -0.3 is 24.3 Å². The van der Waals surface area contributed by atoms with Crippen molar-refractivity contribution in [2.24, 2.45) is 0 Å². The number of carbonyl (C=O) groups is 1. The molecule has 0 amide bonds. The Balaban J connectivity index is 1.73. The van der Waals surface area contributed by atoms with E-state index in [9.17, 15) is 23.8 Å². The highest BCUT2D eigenvalue weighted by atomic mass is 19.3. The molecule has 0 bridgehead atoms. The van der Waals surface area contributed by atoms with Crippen LogP contribution in [0.25, 0.3) is 10.9 Å². The summed E-state index contributed by atoms with van der Waals surface area (Å²) in [6.45, 7) is -4.66. The number of ether oxygens (including phenoxy) is 2. The Morgan fingerprint density at radius 1 is 1.27 bits per heavy atom. The van der Waals surface area contributed by atoms with Crippen molar-refractivity contribution in [3.63, 3.8) is 0 Å². The number of ketones is 1. The summed E-state index contributed by atoms with van der Waals surface area (Å²) in [4.78, 5) is 13.9. The maximum Gasteiger partial charge on any atom is 0.586 e. The Bertz CT molecular complexity index is 1880. The monoisotopic (exact) mass is 528 g/mol. The second-order valence-corrected chi connectivity index (χ2v) is 9.35. The number of aromatic nitrogens is 1. The minimum absolute atomic E-state index is 0.0547. The smallest absolute Gasteiger partial charge is 0.395 e. The van der Waals surface area contributed by atoms with Gasteiger partial charge in [-0.05, 0) is 60.6 Å². The van der Waals surface area contributed by atoms with Crippen molar-refractivity contribution in [1.82, 2.24) is 4.57 Å². The molecule has 0 radical (unpaired) electrons. The summed E-state index contributed by atoms with van der Waals surface area (Å²) in [6.07, 6.45) is -7.83. The number of halogens is 3. The lowest BCUT2D eigenvalue weighted by atomic mass is 9.86. The Labute approximate surface area is 228 Å². The minimum Gasteiger partial charge on any atom is -0.395 e. The normalized spacial score (nSPS) is 24.6. The third kappa shape index (κ3) is 4.48. The number of benzene rings is 2. The van der Waals surface area contributed by atoms with Crippen LogP contribution in [0.3, 0.4) is 0 Å². The molecule has 1 aliphatic carbocycles. The number of fused-ring (bicyclic) bond motifs is 2. The standard InChI is InChI=1S/C28H30F3NO5/c1-4-26(2,3)24-10-17-9-16(20(29)13-21(17)32(24)14-19(34)15-33)11-25(35)27(7-8-27)18-5-6-22-23(12-18)37-28(30,31)36-22/h5-6,9-10,12-13,19,33-34H,4,7-8,11,14-15H2,1-3H3/t19-/m1/s1/i2D3,5D,6D,9D,10D,12D,13D,14D2/t19-,26?. The molecule has 2 heterocycles. The quantitative estimate of drug-likeness (QED) is 0.409. The third-order valence-corrected chi connectivity index (χ3v) is 6.66. The van der Waals surface area contributed by atoms with Crippen LogP contribution in [-0.2, 0) is 28.5 Å². The zero-order chi connectivity index (χ0) is 36.3. The first-order valence-corrected chi connectivity index (χ1v) is 11.5. The molecule has 2 atom stereocenters. The van der Waals surface area contributed by atoms with Crippen molar-refractivity contribution >= 4 is 16.7 Å². The molecule has 3 aromatic rings. The summed E-state index contributed by atoms with van der Waals surface area (Å²) in [5, 5.41) is 19.4. The van der Waals surface area contributed by atoms with E-state index in [-0.39, 0.29) is 19.3 Å². The van der Waals surface area contributed by atoms with Gasteiger partial charge in [-0.25, -0.2) is 4.39 Å². The number of nitrogens with zero attached hydrogens (tertiary/aromatic N) is 1. The average molecular weight is 529 g/mol. The first-order valence-electron chi connectivity index (χ1n) is 17.0. The van der Waals surface area contributed by atoms with Gasteiger partial charge in [0, 0.05) is 27.0 Å². The minimum atomic E-state index is -4.23. The van der Waals surface area contributed by atoms with E-state index in [0.29, 0.717) is 4.57 Å². The van der Waals surface area contributed by atoms with E-state index in [1.165, 1.54) is 13.8 Å². The van der Waals surface area contributed by atoms with Crippen LogP contribution in [0.1, 0.15) is 71.9 Å². The number of carbonyl (C=O) groups excluding carboxylic acids is 1. The largest absolute Gasteiger partial charge is 0.586 e. The number of hydrogen-bond acceptors (Lipinski definition) is 5. The molecule has 1 unspecified atom stereocenters. The number of hydrogen-bond donors (Lipinski definition) is 2. The van der Waals surface area contributed by atoms with Crippen LogP contribution < -0.4 is 9.47 Å². The molecule has 2 aliphatic rings. The number of aliphatic hydroxyl groups is 2. The Morgan fingerprint density at radius 2 is 2.00 bits per heavy atom. The summed E-state index contributed by atoms with van der Waals surface area (Å²) in [5.41, 5.74) is -6.41. The molecule has 37 heavy (non-hydrogen) atoms. The van der Waals surface area contributed by atoms with Crippen LogP contribution in [0, 0.1) is 5.82 Å². The maximum absolute atomic E-state index is 16.2. The van der Waals surface area contributed by atoms with E-state index in [2.05, 4.69) is 9.47 Å². The SMILES string of the molecule is [2H]c1c([2H])c(C2(C(=O)Cc3c(F)c([2H])c4c(c3[2H])c([2H])c(C(C)(CC)C([2H])([2H])[2H])n4C([2H])([2H])[C@@H](O)CO)CC2)c([2H])c2c1OC(F)(F)O2. The van der Waals surface area contributed by atoms with Crippen LogP contribution in [-0.4, -0.2) is 39.6 Å². The van der Waals surface area contributed by atoms with E-state index < -0.39 is 137 Å². The molecular weight excluding hydrogens is 487 g/mol. The molecule has 2 N–H and O–H groups in total. The summed E-state index contributed by atoms with van der Waals surface area (Å²) >= 11 is 0. The lowest BCUT2D eigenvalue weighted by Gasteiger charge is -2.26. The summed E-state index contributed by atoms with van der Waals surface area (Å²) in [5.74, 6) is -4.17. The van der Waals surface area contributed by atoms with Crippen molar-refractivity contribution in [1.29, 1.82) is 0 Å². The molecule has 0 spiro atoms. The van der Waals surface area contributed by atoms with Gasteiger partial charge in [0.25, 0.3) is 0 Å². The second kappa shape index (κ2) is 8.77. The molecule has 1 fully saturated rings. The van der Waals surface area contributed by atoms with Gasteiger partial charge >= 0.3 is 6.29 Å². The van der Waals surface area contributed by atoms with Crippen molar-refractivity contribution in [2.75, 3.05) is 6.61 Å². The van der Waals surface area contributed by atoms with Gasteiger partial charge in [0.2, 0.25) is 0 Å². The zero-order valence-corrected chi connectivity index (χ0v) is 19.8. The fourth-order valence-electron chi connectivity index (χ4n) is 4.19. The molecule has 0 saturated heterocycles. The molecule has 9 heteroatoms. The summed E-state index contributed by atoms with van der Waals surface area (Å²) in [6, 6.07) is -5.29. The number of aliphatic hydroxyl groups excluding tert-OH is 2. The van der Waals surface area contributed by atoms with Crippen molar-refractivity contribution in [3.05, 3.63) is 58.9 Å². The van der Waals surface area contributed by atoms with Gasteiger partial charge in [-0.1, -0.05) is 26.7 Å². The van der Waals surface area contributed by atoms with Gasteiger partial charge in [0.15, 0.2) is 11.5 Å². The maximum atomic E-state index is 16.2. The van der Waals surface area contributed by atoms with Gasteiger partial charge in [-0.3, -0.25) is 4.79 Å². The lowest BCUT2D eigenvalue weighted by molar-refractivity contribution is -0.286. The van der Waals surface area contributed by atoms with E-state index >= 15 is 4.39 Å². The van der Waals surface area contributed by atoms with Gasteiger partial charge in [0.1, 0.15) is 11.6 Å². The van der Waals surface area contributed by atoms with Gasteiger partial charge in [-0.15, -0.1) is 8.78 Å². The molecular formula is C28H30F3NO5. The third-order valence-electron chi connectivity index (χ3n) is 6.66. The van der Waals surface area contributed by atoms with E-state index in [4.69, 9.17) is 15.1 Å². The molecule has 1 aromatic heterocycles. The predicted molar refractivity (Wildman–Crippen MR) is 131 cm³/mol. The molecule has 1 saturated carbocycles. The molecule has 198 valence electrons. The summed E-state index contributed by atoms with van der Waals surface area (Å²) in [7, 11) is 0. The lowest BCUT2D eigenvalue weighted by Crippen LogP contribution is -2.26. The van der Waals surface area contributed by atoms with Gasteiger partial charge in [-0.2, -0.15) is 0 Å². The van der Waals surface area contributed by atoms with Crippen LogP contribution in [0.15, 0.2) is 36.3 Å². The van der Waals surface area contributed by atoms with Crippen LogP contribution in [0.5, 0.6) is 11.5 Å². The Hall–Kier alpha value is -3.04. The fourth-order valence-corrected chi connectivity index (χ4v) is 4.19. The second-order valence-electron chi connectivity index (χ2n) is 9.35. The topological polar surface area (TPSA) is 80.9 Å². The molecule has 2 aromatic carbocycles. The molecule has 5 rings (SSSR count). The highest BCUT2D eigenvalue weighted by Crippen LogP contribution is 2.52. The molecule has 1 aliphatic heterocycles. The fraction of sp³-hybridized carbons (Fsp3) is 0.464.